The zero-order valence-corrected chi connectivity index (χ0v) is 7.12. The van der Waals surface area contributed by atoms with E-state index in [0.717, 1.165) is 0 Å². The van der Waals surface area contributed by atoms with Gasteiger partial charge in [-0.25, -0.2) is 0 Å². The molecule has 0 atom stereocenters. The number of carbonyl (C=O) groups excluding carboxylic acids is 2. The minimum atomic E-state index is -1.07. The van der Waals surface area contributed by atoms with E-state index in [4.69, 9.17) is 1.37 Å². The van der Waals surface area contributed by atoms with E-state index in [2.05, 4.69) is 16.1 Å². The first-order chi connectivity index (χ1) is 6.02. The largest absolute Gasteiger partial charge is 0.468 e. The van der Waals surface area contributed by atoms with Gasteiger partial charge < -0.3 is 9.47 Å². The summed E-state index contributed by atoms with van der Waals surface area (Å²) >= 11 is 0. The van der Waals surface area contributed by atoms with Crippen molar-refractivity contribution in [2.45, 2.75) is 6.42 Å². The molecule has 0 saturated carbocycles. The number of esters is 2. The van der Waals surface area contributed by atoms with E-state index < -0.39 is 17.9 Å². The van der Waals surface area contributed by atoms with Crippen molar-refractivity contribution in [3.05, 3.63) is 12.6 Å². The van der Waals surface area contributed by atoms with Gasteiger partial charge in [0, 0.05) is 0 Å². The molecule has 0 aliphatic carbocycles. The molecule has 0 aliphatic heterocycles. The van der Waals surface area contributed by atoms with E-state index in [9.17, 15) is 9.59 Å². The van der Waals surface area contributed by atoms with Crippen LogP contribution in [0.1, 0.15) is 7.79 Å². The normalized spacial score (nSPS) is 10.4. The Balaban J connectivity index is 4.45. The van der Waals surface area contributed by atoms with Crippen molar-refractivity contribution in [3.63, 3.8) is 0 Å². The molecule has 0 aliphatic rings. The van der Waals surface area contributed by atoms with Crippen LogP contribution >= 0.6 is 0 Å². The van der Waals surface area contributed by atoms with Crippen LogP contribution in [0.15, 0.2) is 12.6 Å². The quantitative estimate of drug-likeness (QED) is 0.353. The van der Waals surface area contributed by atoms with E-state index in [0.29, 0.717) is 0 Å². The van der Waals surface area contributed by atoms with Crippen molar-refractivity contribution >= 4 is 11.9 Å². The van der Waals surface area contributed by atoms with Crippen LogP contribution in [0.2, 0.25) is 0 Å². The first kappa shape index (κ1) is 8.77. The summed E-state index contributed by atoms with van der Waals surface area (Å²) in [5.74, 6) is -2.49. The minimum absolute atomic E-state index is 0.0131. The summed E-state index contributed by atoms with van der Waals surface area (Å²) in [6, 6.07) is -0.0131. The Kier molecular flexibility index (Phi) is 3.91. The Morgan fingerprint density at radius 2 is 1.92 bits per heavy atom. The van der Waals surface area contributed by atoms with Gasteiger partial charge in [-0.05, 0) is 6.42 Å². The molecule has 0 bridgehead atoms. The second kappa shape index (κ2) is 5.35. The van der Waals surface area contributed by atoms with Gasteiger partial charge in [0.1, 0.15) is 0 Å². The molecule has 0 N–H and O–H groups in total. The van der Waals surface area contributed by atoms with E-state index >= 15 is 0 Å². The van der Waals surface area contributed by atoms with Crippen molar-refractivity contribution in [1.29, 1.82) is 0 Å². The topological polar surface area (TPSA) is 52.6 Å². The number of hydrogen-bond donors (Lipinski definition) is 0. The number of carbonyl (C=O) groups is 2. The van der Waals surface area contributed by atoms with Crippen molar-refractivity contribution in [2.75, 3.05) is 14.2 Å². The Morgan fingerprint density at radius 1 is 1.50 bits per heavy atom. The highest BCUT2D eigenvalue weighted by molar-refractivity contribution is 5.94. The fourth-order valence-corrected chi connectivity index (χ4v) is 0.692. The predicted octanol–water partition coefficient (Wildman–Crippen LogP) is 0.525. The predicted molar refractivity (Wildman–Crippen MR) is 42.3 cm³/mol. The summed E-state index contributed by atoms with van der Waals surface area (Å²) in [6.07, 6.45) is -0.0701. The van der Waals surface area contributed by atoms with E-state index in [1.54, 1.807) is 0 Å². The molecule has 0 heterocycles. The zero-order valence-electron chi connectivity index (χ0n) is 8.12. The van der Waals surface area contributed by atoms with Gasteiger partial charge in [-0.3, -0.25) is 9.59 Å². The van der Waals surface area contributed by atoms with E-state index in [1.807, 2.05) is 0 Å². The van der Waals surface area contributed by atoms with E-state index in [-0.39, 0.29) is 12.5 Å². The fourth-order valence-electron chi connectivity index (χ4n) is 0.692. The maximum atomic E-state index is 11.0. The zero-order chi connectivity index (χ0) is 10.4. The SMILES string of the molecule is [2H]C(=C)CC(C(=O)OC)C(=O)OC. The van der Waals surface area contributed by atoms with Crippen molar-refractivity contribution in [2.24, 2.45) is 5.92 Å². The van der Waals surface area contributed by atoms with Crippen molar-refractivity contribution in [3.8, 4) is 0 Å². The molecule has 0 spiro atoms. The number of ether oxygens (including phenoxy) is 2. The van der Waals surface area contributed by atoms with Crippen LogP contribution in [-0.2, 0) is 19.1 Å². The Morgan fingerprint density at radius 3 is 2.17 bits per heavy atom. The molecule has 68 valence electrons. The lowest BCUT2D eigenvalue weighted by Crippen LogP contribution is -2.25. The third-order valence-electron chi connectivity index (χ3n) is 1.32. The van der Waals surface area contributed by atoms with Gasteiger partial charge in [-0.15, -0.1) is 6.58 Å². The molecular weight excluding hydrogens is 160 g/mol. The van der Waals surface area contributed by atoms with Crippen LogP contribution in [0.5, 0.6) is 0 Å². The fraction of sp³-hybridized carbons (Fsp3) is 0.500. The molecule has 0 radical (unpaired) electrons. The highest BCUT2D eigenvalue weighted by atomic mass is 16.5. The van der Waals surface area contributed by atoms with Crippen molar-refractivity contribution in [1.82, 2.24) is 0 Å². The molecule has 4 heteroatoms. The van der Waals surface area contributed by atoms with Gasteiger partial charge in [-0.1, -0.05) is 6.05 Å². The standard InChI is InChI=1S/C8H12O4/c1-4-5-6(7(9)11-2)8(10)12-3/h4,6H,1,5H2,2-3H3/i4D. The summed E-state index contributed by atoms with van der Waals surface area (Å²) in [7, 11) is 2.34. The monoisotopic (exact) mass is 173 g/mol. The van der Waals surface area contributed by atoms with Crippen LogP contribution in [0.25, 0.3) is 0 Å². The average Bonchev–Trinajstić information content (AvgIpc) is 2.11. The molecule has 0 saturated heterocycles. The van der Waals surface area contributed by atoms with Crippen LogP contribution in [0.3, 0.4) is 0 Å². The van der Waals surface area contributed by atoms with Gasteiger partial charge in [0.15, 0.2) is 5.92 Å². The second-order valence-electron chi connectivity index (χ2n) is 2.05. The molecule has 0 rings (SSSR count). The van der Waals surface area contributed by atoms with Crippen LogP contribution in [0.4, 0.5) is 0 Å². The summed E-state index contributed by atoms with van der Waals surface area (Å²) in [4.78, 5) is 22.0. The Bertz CT molecular complexity index is 208. The Labute approximate surface area is 72.6 Å². The highest BCUT2D eigenvalue weighted by Crippen LogP contribution is 2.07. The number of methoxy groups -OCH3 is 2. The average molecular weight is 173 g/mol. The van der Waals surface area contributed by atoms with E-state index in [1.165, 1.54) is 14.2 Å². The molecule has 4 nitrogen and oxygen atoms in total. The number of hydrogen-bond acceptors (Lipinski definition) is 4. The lowest BCUT2D eigenvalue weighted by molar-refractivity contribution is -0.158. The summed E-state index contributed by atoms with van der Waals surface area (Å²) in [6.45, 7) is 3.28. The van der Waals surface area contributed by atoms with Crippen molar-refractivity contribution < 1.29 is 20.4 Å². The minimum Gasteiger partial charge on any atom is -0.468 e. The van der Waals surface area contributed by atoms with Gasteiger partial charge >= 0.3 is 11.9 Å². The second-order valence-corrected chi connectivity index (χ2v) is 2.05. The summed E-state index contributed by atoms with van der Waals surface area (Å²) in [5, 5.41) is 0. The third-order valence-corrected chi connectivity index (χ3v) is 1.32. The first-order valence-corrected chi connectivity index (χ1v) is 3.33. The Hall–Kier alpha value is -1.32. The highest BCUT2D eigenvalue weighted by Gasteiger charge is 2.26. The van der Waals surface area contributed by atoms with Crippen LogP contribution in [0, 0.1) is 5.92 Å². The maximum absolute atomic E-state index is 11.0. The van der Waals surface area contributed by atoms with Crippen LogP contribution in [-0.4, -0.2) is 26.2 Å². The molecule has 0 aromatic rings. The number of allylic oxidation sites excluding steroid dienone is 1. The summed E-state index contributed by atoms with van der Waals surface area (Å²) < 4.78 is 15.8. The lowest BCUT2D eigenvalue weighted by atomic mass is 10.1. The molecule has 0 aromatic heterocycles. The lowest BCUT2D eigenvalue weighted by Gasteiger charge is -2.08. The van der Waals surface area contributed by atoms with Crippen LogP contribution < -0.4 is 0 Å². The smallest absolute Gasteiger partial charge is 0.320 e. The van der Waals surface area contributed by atoms with Gasteiger partial charge in [0.25, 0.3) is 0 Å². The maximum Gasteiger partial charge on any atom is 0.320 e. The summed E-state index contributed by atoms with van der Waals surface area (Å²) in [5.41, 5.74) is 0. The molecule has 12 heavy (non-hydrogen) atoms. The molecule has 0 amide bonds. The van der Waals surface area contributed by atoms with Gasteiger partial charge in [0.2, 0.25) is 0 Å². The molecule has 0 unspecified atom stereocenters. The van der Waals surface area contributed by atoms with Gasteiger partial charge in [-0.2, -0.15) is 0 Å². The number of rotatable bonds is 4. The first-order valence-electron chi connectivity index (χ1n) is 3.83. The molecule has 0 fully saturated rings. The van der Waals surface area contributed by atoms with Gasteiger partial charge in [0.05, 0.1) is 15.6 Å². The third kappa shape index (κ3) is 2.74. The molecule has 0 aromatic carbocycles. The molecular formula is C8H12O4.